The highest BCUT2D eigenvalue weighted by molar-refractivity contribution is 5.24. The van der Waals surface area contributed by atoms with Gasteiger partial charge in [0.2, 0.25) is 0 Å². The van der Waals surface area contributed by atoms with Crippen LogP contribution in [0.1, 0.15) is 49.2 Å². The average Bonchev–Trinajstić information content (AvgIpc) is 2.67. The van der Waals surface area contributed by atoms with Crippen molar-refractivity contribution in [2.75, 3.05) is 13.2 Å². The van der Waals surface area contributed by atoms with Crippen LogP contribution < -0.4 is 5.32 Å². The van der Waals surface area contributed by atoms with E-state index in [4.69, 9.17) is 9.26 Å². The monoisotopic (exact) mass is 238 g/mol. The summed E-state index contributed by atoms with van der Waals surface area (Å²) in [5.41, 5.74) is 2.16. The molecule has 0 radical (unpaired) electrons. The third kappa shape index (κ3) is 3.07. The average molecular weight is 238 g/mol. The molecule has 17 heavy (non-hydrogen) atoms. The molecule has 2 rings (SSSR count). The lowest BCUT2D eigenvalue weighted by Crippen LogP contribution is -2.33. The molecular formula is C13H22N2O2. The second-order valence-electron chi connectivity index (χ2n) is 4.86. The smallest absolute Gasteiger partial charge is 0.138 e. The normalized spacial score (nSPS) is 22.6. The SMILES string of the molecule is Cc1noc(C)c1C(C)NCC1CCCCO1. The second-order valence-corrected chi connectivity index (χ2v) is 4.86. The number of ether oxygens (including phenoxy) is 1. The van der Waals surface area contributed by atoms with Gasteiger partial charge in [-0.2, -0.15) is 0 Å². The van der Waals surface area contributed by atoms with E-state index in [9.17, 15) is 0 Å². The van der Waals surface area contributed by atoms with Crippen molar-refractivity contribution in [1.82, 2.24) is 10.5 Å². The third-order valence-corrected chi connectivity index (χ3v) is 3.45. The molecule has 1 fully saturated rings. The fourth-order valence-corrected chi connectivity index (χ4v) is 2.49. The molecule has 0 spiro atoms. The van der Waals surface area contributed by atoms with Gasteiger partial charge in [-0.1, -0.05) is 5.16 Å². The quantitative estimate of drug-likeness (QED) is 0.875. The Labute approximate surface area is 103 Å². The predicted octanol–water partition coefficient (Wildman–Crippen LogP) is 2.51. The molecule has 0 saturated carbocycles. The van der Waals surface area contributed by atoms with E-state index in [1.54, 1.807) is 0 Å². The molecule has 1 aromatic heterocycles. The maximum Gasteiger partial charge on any atom is 0.138 e. The highest BCUT2D eigenvalue weighted by atomic mass is 16.5. The van der Waals surface area contributed by atoms with E-state index >= 15 is 0 Å². The van der Waals surface area contributed by atoms with Gasteiger partial charge in [-0.25, -0.2) is 0 Å². The number of rotatable bonds is 4. The summed E-state index contributed by atoms with van der Waals surface area (Å²) in [6.45, 7) is 7.92. The Kier molecular flexibility index (Phi) is 4.18. The molecular weight excluding hydrogens is 216 g/mol. The first-order valence-corrected chi connectivity index (χ1v) is 6.46. The van der Waals surface area contributed by atoms with Crippen molar-refractivity contribution in [3.05, 3.63) is 17.0 Å². The molecule has 1 N–H and O–H groups in total. The van der Waals surface area contributed by atoms with E-state index in [0.717, 1.165) is 24.6 Å². The highest BCUT2D eigenvalue weighted by Crippen LogP contribution is 2.21. The Morgan fingerprint density at radius 3 is 2.82 bits per heavy atom. The molecule has 0 amide bonds. The minimum atomic E-state index is 0.270. The zero-order valence-corrected chi connectivity index (χ0v) is 11.0. The lowest BCUT2D eigenvalue weighted by molar-refractivity contribution is 0.0156. The molecule has 0 aliphatic carbocycles. The van der Waals surface area contributed by atoms with E-state index in [2.05, 4.69) is 17.4 Å². The number of nitrogens with zero attached hydrogens (tertiary/aromatic N) is 1. The second kappa shape index (κ2) is 5.65. The van der Waals surface area contributed by atoms with Crippen molar-refractivity contribution in [2.24, 2.45) is 0 Å². The zero-order valence-electron chi connectivity index (χ0n) is 11.0. The topological polar surface area (TPSA) is 47.3 Å². The first-order chi connectivity index (χ1) is 8.18. The van der Waals surface area contributed by atoms with Gasteiger partial charge in [-0.15, -0.1) is 0 Å². The predicted molar refractivity (Wildman–Crippen MR) is 66.0 cm³/mol. The molecule has 2 heterocycles. The lowest BCUT2D eigenvalue weighted by atomic mass is 10.1. The Bertz CT molecular complexity index is 337. The number of hydrogen-bond acceptors (Lipinski definition) is 4. The maximum atomic E-state index is 5.70. The van der Waals surface area contributed by atoms with Crippen molar-refractivity contribution in [3.8, 4) is 0 Å². The molecule has 1 aromatic rings. The van der Waals surface area contributed by atoms with Gasteiger partial charge in [0.25, 0.3) is 0 Å². The fourth-order valence-electron chi connectivity index (χ4n) is 2.49. The van der Waals surface area contributed by atoms with Crippen molar-refractivity contribution in [3.63, 3.8) is 0 Å². The molecule has 0 bridgehead atoms. The van der Waals surface area contributed by atoms with E-state index in [1.165, 1.54) is 24.8 Å². The van der Waals surface area contributed by atoms with Crippen molar-refractivity contribution in [1.29, 1.82) is 0 Å². The van der Waals surface area contributed by atoms with Gasteiger partial charge in [0.1, 0.15) is 5.76 Å². The molecule has 96 valence electrons. The summed E-state index contributed by atoms with van der Waals surface area (Å²) in [4.78, 5) is 0. The molecule has 4 heteroatoms. The first-order valence-electron chi connectivity index (χ1n) is 6.46. The summed E-state index contributed by atoms with van der Waals surface area (Å²) in [5, 5.41) is 7.50. The summed E-state index contributed by atoms with van der Waals surface area (Å²) in [5.74, 6) is 0.909. The van der Waals surface area contributed by atoms with Gasteiger partial charge in [0.15, 0.2) is 0 Å². The fraction of sp³-hybridized carbons (Fsp3) is 0.769. The standard InChI is InChI=1S/C13H22N2O2/c1-9(13-10(2)15-17-11(13)3)14-8-12-6-4-5-7-16-12/h9,12,14H,4-8H2,1-3H3. The molecule has 0 aromatic carbocycles. The summed E-state index contributed by atoms with van der Waals surface area (Å²) in [6, 6.07) is 0.270. The largest absolute Gasteiger partial charge is 0.377 e. The molecule has 2 unspecified atom stereocenters. The van der Waals surface area contributed by atoms with Crippen LogP contribution in [0, 0.1) is 13.8 Å². The van der Waals surface area contributed by atoms with Crippen LogP contribution in [0.15, 0.2) is 4.52 Å². The summed E-state index contributed by atoms with van der Waals surface area (Å²) >= 11 is 0. The van der Waals surface area contributed by atoms with Gasteiger partial charge < -0.3 is 14.6 Å². The molecule has 4 nitrogen and oxygen atoms in total. The van der Waals surface area contributed by atoms with Gasteiger partial charge in [0, 0.05) is 24.8 Å². The summed E-state index contributed by atoms with van der Waals surface area (Å²) in [7, 11) is 0. The summed E-state index contributed by atoms with van der Waals surface area (Å²) < 4.78 is 10.9. The maximum absolute atomic E-state index is 5.70. The highest BCUT2D eigenvalue weighted by Gasteiger charge is 2.19. The van der Waals surface area contributed by atoms with E-state index in [0.29, 0.717) is 6.10 Å². The molecule has 2 atom stereocenters. The Balaban J connectivity index is 1.86. The summed E-state index contributed by atoms with van der Waals surface area (Å²) in [6.07, 6.45) is 4.02. The van der Waals surface area contributed by atoms with Crippen molar-refractivity contribution in [2.45, 2.75) is 52.2 Å². The molecule has 1 aliphatic heterocycles. The number of aromatic nitrogens is 1. The Morgan fingerprint density at radius 2 is 2.24 bits per heavy atom. The van der Waals surface area contributed by atoms with Crippen LogP contribution in [-0.4, -0.2) is 24.4 Å². The molecule has 1 aliphatic rings. The van der Waals surface area contributed by atoms with E-state index in [-0.39, 0.29) is 6.04 Å². The van der Waals surface area contributed by atoms with Crippen LogP contribution in [0.3, 0.4) is 0 Å². The van der Waals surface area contributed by atoms with Crippen molar-refractivity contribution < 1.29 is 9.26 Å². The third-order valence-electron chi connectivity index (χ3n) is 3.45. The van der Waals surface area contributed by atoms with Crippen LogP contribution >= 0.6 is 0 Å². The first kappa shape index (κ1) is 12.6. The van der Waals surface area contributed by atoms with E-state index in [1.807, 2.05) is 13.8 Å². The number of nitrogens with one attached hydrogen (secondary N) is 1. The van der Waals surface area contributed by atoms with Gasteiger partial charge in [-0.05, 0) is 40.0 Å². The minimum Gasteiger partial charge on any atom is -0.377 e. The van der Waals surface area contributed by atoms with Gasteiger partial charge in [0.05, 0.1) is 11.8 Å². The van der Waals surface area contributed by atoms with Crippen LogP contribution in [-0.2, 0) is 4.74 Å². The minimum absolute atomic E-state index is 0.270. The van der Waals surface area contributed by atoms with Crippen LogP contribution in [0.2, 0.25) is 0 Å². The van der Waals surface area contributed by atoms with Crippen LogP contribution in [0.4, 0.5) is 0 Å². The zero-order chi connectivity index (χ0) is 12.3. The Morgan fingerprint density at radius 1 is 1.41 bits per heavy atom. The van der Waals surface area contributed by atoms with Gasteiger partial charge in [-0.3, -0.25) is 0 Å². The Hall–Kier alpha value is -0.870. The number of aryl methyl sites for hydroxylation is 2. The lowest BCUT2D eigenvalue weighted by Gasteiger charge is -2.24. The number of hydrogen-bond donors (Lipinski definition) is 1. The molecule has 1 saturated heterocycles. The van der Waals surface area contributed by atoms with Gasteiger partial charge >= 0.3 is 0 Å². The van der Waals surface area contributed by atoms with Crippen LogP contribution in [0.5, 0.6) is 0 Å². The van der Waals surface area contributed by atoms with Crippen molar-refractivity contribution >= 4 is 0 Å². The van der Waals surface area contributed by atoms with Crippen LogP contribution in [0.25, 0.3) is 0 Å². The van der Waals surface area contributed by atoms with E-state index < -0.39 is 0 Å².